The number of hydrogen-bond donors (Lipinski definition) is 0. The van der Waals surface area contributed by atoms with Crippen LogP contribution in [0.15, 0.2) is 212 Å². The monoisotopic (exact) mass is 889 g/mol. The molecule has 0 saturated heterocycles. The third-order valence-electron chi connectivity index (χ3n) is 14.2. The largest absolute Gasteiger partial charge is 0.309 e. The van der Waals surface area contributed by atoms with E-state index in [9.17, 15) is 15.8 Å². The zero-order valence-electron chi connectivity index (χ0n) is 37.3. The van der Waals surface area contributed by atoms with Crippen molar-refractivity contribution in [1.82, 2.24) is 18.3 Å². The second kappa shape index (κ2) is 14.9. The Morgan fingerprint density at radius 2 is 0.543 bits per heavy atom. The Morgan fingerprint density at radius 3 is 0.886 bits per heavy atom. The van der Waals surface area contributed by atoms with Crippen molar-refractivity contribution in [2.24, 2.45) is 0 Å². The highest BCUT2D eigenvalue weighted by molar-refractivity contribution is 6.15. The molecule has 322 valence electrons. The second-order valence-electron chi connectivity index (χ2n) is 17.9. The molecule has 0 saturated carbocycles. The van der Waals surface area contributed by atoms with E-state index >= 15 is 0 Å². The van der Waals surface area contributed by atoms with Gasteiger partial charge in [-0.1, -0.05) is 109 Å². The van der Waals surface area contributed by atoms with Crippen LogP contribution in [-0.2, 0) is 0 Å². The van der Waals surface area contributed by atoms with Gasteiger partial charge in [0, 0.05) is 60.0 Å². The van der Waals surface area contributed by atoms with Gasteiger partial charge in [0.25, 0.3) is 0 Å². The summed E-state index contributed by atoms with van der Waals surface area (Å²) in [6.07, 6.45) is 0. The molecule has 4 aromatic heterocycles. The molecule has 14 rings (SSSR count). The zero-order chi connectivity index (χ0) is 46.6. The first-order valence-electron chi connectivity index (χ1n) is 23.2. The van der Waals surface area contributed by atoms with Crippen LogP contribution in [-0.4, -0.2) is 18.3 Å². The normalized spacial score (nSPS) is 11.7. The molecule has 0 aliphatic rings. The molecule has 4 heterocycles. The average molecular weight is 890 g/mol. The van der Waals surface area contributed by atoms with Gasteiger partial charge in [0.15, 0.2) is 0 Å². The average Bonchev–Trinajstić information content (AvgIpc) is 4.15. The number of benzene rings is 10. The van der Waals surface area contributed by atoms with Gasteiger partial charge >= 0.3 is 0 Å². The van der Waals surface area contributed by atoms with Crippen LogP contribution in [0, 0.1) is 34.0 Å². The van der Waals surface area contributed by atoms with Gasteiger partial charge in [-0.3, -0.25) is 0 Å². The second-order valence-corrected chi connectivity index (χ2v) is 17.9. The summed E-state index contributed by atoms with van der Waals surface area (Å²) < 4.78 is 9.17. The van der Waals surface area contributed by atoms with Crippen molar-refractivity contribution >= 4 is 87.2 Å². The van der Waals surface area contributed by atoms with Gasteiger partial charge in [-0.2, -0.15) is 15.8 Å². The van der Waals surface area contributed by atoms with Crippen LogP contribution in [0.2, 0.25) is 0 Å². The van der Waals surface area contributed by atoms with Crippen molar-refractivity contribution < 1.29 is 0 Å². The molecule has 0 amide bonds. The summed E-state index contributed by atoms with van der Waals surface area (Å²) in [7, 11) is 0. The molecule has 0 N–H and O–H groups in total. The van der Waals surface area contributed by atoms with E-state index in [1.165, 1.54) is 21.5 Å². The number of rotatable bonds is 5. The van der Waals surface area contributed by atoms with Crippen molar-refractivity contribution in [3.05, 3.63) is 229 Å². The van der Waals surface area contributed by atoms with E-state index < -0.39 is 0 Å². The maximum Gasteiger partial charge on any atom is 0.0993 e. The minimum Gasteiger partial charge on any atom is -0.309 e. The van der Waals surface area contributed by atoms with Gasteiger partial charge in [0.05, 0.1) is 90.4 Å². The third-order valence-corrected chi connectivity index (χ3v) is 14.2. The van der Waals surface area contributed by atoms with Crippen molar-refractivity contribution in [1.29, 1.82) is 15.8 Å². The predicted octanol–water partition coefficient (Wildman–Crippen LogP) is 15.4. The molecule has 0 radical (unpaired) electrons. The highest BCUT2D eigenvalue weighted by atomic mass is 15.0. The molecule has 0 atom stereocenters. The van der Waals surface area contributed by atoms with Gasteiger partial charge in [-0.15, -0.1) is 0 Å². The summed E-state index contributed by atoms with van der Waals surface area (Å²) >= 11 is 0. The number of para-hydroxylation sites is 6. The molecular formula is C63H35N7. The number of nitriles is 3. The fraction of sp³-hybridized carbons (Fsp3) is 0. The van der Waals surface area contributed by atoms with Gasteiger partial charge in [-0.05, 0) is 109 Å². The smallest absolute Gasteiger partial charge is 0.0993 e. The third kappa shape index (κ3) is 5.54. The minimum atomic E-state index is 0.367. The molecule has 0 aliphatic heterocycles. The molecule has 0 fully saturated rings. The Morgan fingerprint density at radius 1 is 0.257 bits per heavy atom. The first kappa shape index (κ1) is 39.1. The topological polar surface area (TPSA) is 91.1 Å². The number of aromatic nitrogens is 4. The van der Waals surface area contributed by atoms with Gasteiger partial charge < -0.3 is 18.3 Å². The Hall–Kier alpha value is -10.1. The molecule has 0 bridgehead atoms. The van der Waals surface area contributed by atoms with Gasteiger partial charge in [0.1, 0.15) is 0 Å². The number of hydrogen-bond acceptors (Lipinski definition) is 3. The fourth-order valence-corrected chi connectivity index (χ4v) is 11.3. The zero-order valence-corrected chi connectivity index (χ0v) is 37.3. The first-order chi connectivity index (χ1) is 34.6. The van der Waals surface area contributed by atoms with Crippen LogP contribution >= 0.6 is 0 Å². The van der Waals surface area contributed by atoms with E-state index in [0.717, 1.165) is 94.0 Å². The van der Waals surface area contributed by atoms with E-state index in [2.05, 4.69) is 206 Å². The van der Waals surface area contributed by atoms with E-state index in [1.54, 1.807) is 6.07 Å². The Bertz CT molecular complexity index is 4310. The van der Waals surface area contributed by atoms with Crippen molar-refractivity contribution in [3.8, 4) is 52.1 Å². The lowest BCUT2D eigenvalue weighted by atomic mass is 9.95. The minimum absolute atomic E-state index is 0.367. The highest BCUT2D eigenvalue weighted by Gasteiger charge is 2.25. The molecule has 7 nitrogen and oxygen atoms in total. The fourth-order valence-electron chi connectivity index (χ4n) is 11.3. The van der Waals surface area contributed by atoms with Crippen molar-refractivity contribution in [3.63, 3.8) is 0 Å². The van der Waals surface area contributed by atoms with Crippen LogP contribution in [0.1, 0.15) is 16.7 Å². The summed E-state index contributed by atoms with van der Waals surface area (Å²) in [5.41, 5.74) is 14.5. The van der Waals surface area contributed by atoms with Crippen LogP contribution in [0.5, 0.6) is 0 Å². The molecular weight excluding hydrogens is 855 g/mol. The molecule has 0 aliphatic carbocycles. The van der Waals surface area contributed by atoms with E-state index in [4.69, 9.17) is 0 Å². The summed E-state index contributed by atoms with van der Waals surface area (Å²) in [6, 6.07) is 80.6. The quantitative estimate of drug-likeness (QED) is 0.172. The molecule has 7 heteroatoms. The number of fused-ring (bicyclic) bond motifs is 12. The molecule has 10 aromatic carbocycles. The van der Waals surface area contributed by atoms with Crippen molar-refractivity contribution in [2.75, 3.05) is 0 Å². The van der Waals surface area contributed by atoms with E-state index in [1.807, 2.05) is 36.4 Å². The lowest BCUT2D eigenvalue weighted by Gasteiger charge is -2.21. The van der Waals surface area contributed by atoms with Crippen LogP contribution in [0.4, 0.5) is 0 Å². The van der Waals surface area contributed by atoms with Crippen LogP contribution in [0.3, 0.4) is 0 Å². The van der Waals surface area contributed by atoms with E-state index in [0.29, 0.717) is 22.3 Å². The lowest BCUT2D eigenvalue weighted by molar-refractivity contribution is 1.13. The van der Waals surface area contributed by atoms with Crippen LogP contribution < -0.4 is 0 Å². The lowest BCUT2D eigenvalue weighted by Crippen LogP contribution is -2.05. The summed E-state index contributed by atoms with van der Waals surface area (Å²) in [5, 5.41) is 40.9. The maximum absolute atomic E-state index is 11.0. The molecule has 14 aromatic rings. The number of nitrogens with zero attached hydrogens (tertiary/aromatic N) is 7. The van der Waals surface area contributed by atoms with Crippen molar-refractivity contribution in [2.45, 2.75) is 0 Å². The van der Waals surface area contributed by atoms with Crippen LogP contribution in [0.25, 0.3) is 121 Å². The summed E-state index contributed by atoms with van der Waals surface area (Å²) in [4.78, 5) is 0. The highest BCUT2D eigenvalue weighted by Crippen LogP contribution is 2.45. The summed E-state index contributed by atoms with van der Waals surface area (Å²) in [5.74, 6) is 0. The van der Waals surface area contributed by atoms with Gasteiger partial charge in [-0.25, -0.2) is 0 Å². The Kier molecular flexibility index (Phi) is 8.34. The first-order valence-corrected chi connectivity index (χ1v) is 23.2. The Balaban J connectivity index is 1.08. The Labute approximate surface area is 400 Å². The standard InChI is InChI=1S/C63H35N7/c64-36-39-29-40(37-65)31-42(30-39)63-61(69-57-23-11-5-17-49(57)51-34-43(25-27-59(51)69)67-53-19-7-1-13-45(53)46-14-2-8-20-54(46)67)32-41(38-66)33-62(63)70-58-24-12-6-18-50(58)52-35-44(26-28-60(52)70)68-55-21-9-3-15-47(55)48-16-4-10-22-56(48)68/h1-35H. The SMILES string of the molecule is N#Cc1cc(C#N)cc(-c2c(-n3c4ccccc4c4cc(-n5c6ccccc6c6ccccc65)ccc43)cc(C#N)cc2-n2c3ccccc3c3cc(-n4c5ccccc5c5ccccc54)ccc32)c1. The predicted molar refractivity (Wildman–Crippen MR) is 283 cm³/mol. The molecule has 0 spiro atoms. The molecule has 70 heavy (non-hydrogen) atoms. The van der Waals surface area contributed by atoms with Gasteiger partial charge in [0.2, 0.25) is 0 Å². The maximum atomic E-state index is 11.0. The van der Waals surface area contributed by atoms with E-state index in [-0.39, 0.29) is 0 Å². The molecule has 0 unspecified atom stereocenters. The summed E-state index contributed by atoms with van der Waals surface area (Å²) in [6.45, 7) is 0.